The van der Waals surface area contributed by atoms with Gasteiger partial charge < -0.3 is 4.74 Å². The highest BCUT2D eigenvalue weighted by atomic mass is 35.5. The zero-order chi connectivity index (χ0) is 14.3. The molecule has 0 spiro atoms. The minimum Gasteiger partial charge on any atom is -0.469 e. The monoisotopic (exact) mass is 326 g/mol. The molecule has 2 nitrogen and oxygen atoms in total. The minimum atomic E-state index is -0.223. The number of ether oxygens (including phenoxy) is 1. The van der Waals surface area contributed by atoms with Crippen LogP contribution in [-0.4, -0.2) is 27.1 Å². The van der Waals surface area contributed by atoms with E-state index < -0.39 is 0 Å². The van der Waals surface area contributed by atoms with Gasteiger partial charge in [-0.05, 0) is 6.42 Å². The van der Waals surface area contributed by atoms with Crippen LogP contribution in [0.2, 0.25) is 6.04 Å². The summed E-state index contributed by atoms with van der Waals surface area (Å²) in [5, 5.41) is 0. The molecule has 0 aromatic rings. The van der Waals surface area contributed by atoms with E-state index >= 15 is 0 Å². The standard InChI is InChI=1S/C14H28Cl2O2Si/c1-18-13(17)11-9-7-5-3-2-4-6-8-10-12-19-14(15)16/h14H,2-12,19H2,1H3. The number of unbranched alkanes of at least 4 members (excludes halogenated alkanes) is 8. The molecule has 0 aliphatic rings. The number of hydrogen-bond donors (Lipinski definition) is 0. The van der Waals surface area contributed by atoms with E-state index in [2.05, 4.69) is 4.74 Å². The Hall–Kier alpha value is 0.267. The molecule has 0 amide bonds. The van der Waals surface area contributed by atoms with E-state index in [-0.39, 0.29) is 19.9 Å². The SMILES string of the molecule is COC(=O)CCCCCCCCCCC[SiH2]C(Cl)Cl. The molecule has 0 bridgehead atoms. The maximum absolute atomic E-state index is 10.9. The molecule has 0 heterocycles. The average Bonchev–Trinajstić information content (AvgIpc) is 2.39. The number of esters is 1. The smallest absolute Gasteiger partial charge is 0.305 e. The van der Waals surface area contributed by atoms with Crippen LogP contribution >= 0.6 is 23.2 Å². The minimum absolute atomic E-state index is 0.0509. The molecule has 0 N–H and O–H groups in total. The van der Waals surface area contributed by atoms with Crippen molar-refractivity contribution >= 4 is 38.7 Å². The second-order valence-corrected chi connectivity index (χ2v) is 9.45. The Bertz CT molecular complexity index is 214. The lowest BCUT2D eigenvalue weighted by Gasteiger charge is -2.03. The molecular formula is C14H28Cl2O2Si. The first-order chi connectivity index (χ1) is 9.16. The highest BCUT2D eigenvalue weighted by molar-refractivity contribution is 6.68. The van der Waals surface area contributed by atoms with E-state index in [1.165, 1.54) is 58.1 Å². The Balaban J connectivity index is 3.01. The van der Waals surface area contributed by atoms with Gasteiger partial charge in [0.15, 0.2) is 0 Å². The van der Waals surface area contributed by atoms with E-state index in [1.807, 2.05) is 0 Å². The lowest BCUT2D eigenvalue weighted by molar-refractivity contribution is -0.140. The summed E-state index contributed by atoms with van der Waals surface area (Å²) in [6.45, 7) is 0. The van der Waals surface area contributed by atoms with Gasteiger partial charge in [0.2, 0.25) is 0 Å². The Morgan fingerprint density at radius 3 is 1.89 bits per heavy atom. The average molecular weight is 327 g/mol. The van der Waals surface area contributed by atoms with Gasteiger partial charge in [-0.1, -0.05) is 57.4 Å². The zero-order valence-corrected chi connectivity index (χ0v) is 15.1. The molecule has 0 saturated heterocycles. The molecule has 0 aromatic heterocycles. The summed E-state index contributed by atoms with van der Waals surface area (Å²) in [5.41, 5.74) is 0. The van der Waals surface area contributed by atoms with Crippen LogP contribution in [0.3, 0.4) is 0 Å². The Labute approximate surface area is 130 Å². The number of carbonyl (C=O) groups is 1. The van der Waals surface area contributed by atoms with Crippen LogP contribution in [0.5, 0.6) is 0 Å². The Morgan fingerprint density at radius 2 is 1.42 bits per heavy atom. The second-order valence-electron chi connectivity index (χ2n) is 5.04. The topological polar surface area (TPSA) is 26.3 Å². The van der Waals surface area contributed by atoms with Crippen LogP contribution in [0.4, 0.5) is 0 Å². The first kappa shape index (κ1) is 19.3. The van der Waals surface area contributed by atoms with Gasteiger partial charge in [-0.3, -0.25) is 4.79 Å². The highest BCUT2D eigenvalue weighted by Gasteiger charge is 2.00. The van der Waals surface area contributed by atoms with Crippen molar-refractivity contribution in [1.82, 2.24) is 0 Å². The Morgan fingerprint density at radius 1 is 0.947 bits per heavy atom. The highest BCUT2D eigenvalue weighted by Crippen LogP contribution is 2.12. The molecular weight excluding hydrogens is 299 g/mol. The summed E-state index contributed by atoms with van der Waals surface area (Å²) >= 11 is 11.5. The Kier molecular flexibility index (Phi) is 14.9. The molecule has 114 valence electrons. The van der Waals surface area contributed by atoms with E-state index in [9.17, 15) is 4.79 Å². The van der Waals surface area contributed by atoms with Crippen LogP contribution in [0, 0.1) is 0 Å². The summed E-state index contributed by atoms with van der Waals surface area (Å²) in [5.74, 6) is -0.0836. The lowest BCUT2D eigenvalue weighted by Crippen LogP contribution is -2.00. The van der Waals surface area contributed by atoms with Gasteiger partial charge in [0, 0.05) is 6.42 Å². The molecule has 5 heteroatoms. The van der Waals surface area contributed by atoms with Crippen LogP contribution < -0.4 is 0 Å². The van der Waals surface area contributed by atoms with Crippen molar-refractivity contribution in [2.24, 2.45) is 0 Å². The first-order valence-electron chi connectivity index (χ1n) is 7.51. The molecule has 0 aliphatic carbocycles. The van der Waals surface area contributed by atoms with E-state index in [1.54, 1.807) is 0 Å². The van der Waals surface area contributed by atoms with Gasteiger partial charge in [-0.15, -0.1) is 23.2 Å². The van der Waals surface area contributed by atoms with Crippen molar-refractivity contribution in [2.75, 3.05) is 7.11 Å². The summed E-state index contributed by atoms with van der Waals surface area (Å²) in [7, 11) is 1.23. The third-order valence-electron chi connectivity index (χ3n) is 3.28. The van der Waals surface area contributed by atoms with Gasteiger partial charge in [-0.25, -0.2) is 0 Å². The number of hydrogen-bond acceptors (Lipinski definition) is 2. The van der Waals surface area contributed by atoms with Gasteiger partial charge in [-0.2, -0.15) is 0 Å². The number of carbonyl (C=O) groups excluding carboxylic acids is 1. The van der Waals surface area contributed by atoms with Gasteiger partial charge in [0.05, 0.1) is 21.1 Å². The van der Waals surface area contributed by atoms with Crippen molar-refractivity contribution < 1.29 is 9.53 Å². The van der Waals surface area contributed by atoms with Crippen LogP contribution in [0.15, 0.2) is 0 Å². The largest absolute Gasteiger partial charge is 0.469 e. The third-order valence-corrected chi connectivity index (χ3v) is 5.93. The predicted octanol–water partition coefficient (Wildman–Crippen LogP) is 4.41. The number of halogens is 2. The molecule has 0 saturated carbocycles. The molecule has 0 radical (unpaired) electrons. The lowest BCUT2D eigenvalue weighted by atomic mass is 10.1. The zero-order valence-electron chi connectivity index (χ0n) is 12.1. The van der Waals surface area contributed by atoms with Crippen LogP contribution in [-0.2, 0) is 9.53 Å². The summed E-state index contributed by atoms with van der Waals surface area (Å²) in [6, 6.07) is 1.28. The second kappa shape index (κ2) is 14.7. The summed E-state index contributed by atoms with van der Waals surface area (Å²) in [6.07, 6.45) is 11.9. The predicted molar refractivity (Wildman–Crippen MR) is 87.0 cm³/mol. The van der Waals surface area contributed by atoms with Gasteiger partial charge in [0.1, 0.15) is 0 Å². The molecule has 0 fully saturated rings. The molecule has 0 rings (SSSR count). The normalized spacial score (nSPS) is 11.6. The van der Waals surface area contributed by atoms with Gasteiger partial charge >= 0.3 is 5.97 Å². The van der Waals surface area contributed by atoms with Crippen molar-refractivity contribution in [3.8, 4) is 0 Å². The van der Waals surface area contributed by atoms with Crippen LogP contribution in [0.1, 0.15) is 64.2 Å². The van der Waals surface area contributed by atoms with Crippen molar-refractivity contribution in [1.29, 1.82) is 0 Å². The summed E-state index contributed by atoms with van der Waals surface area (Å²) in [4.78, 5) is 10.9. The maximum atomic E-state index is 10.9. The van der Waals surface area contributed by atoms with Crippen LogP contribution in [0.25, 0.3) is 0 Å². The fraction of sp³-hybridized carbons (Fsp3) is 0.929. The van der Waals surface area contributed by atoms with Crippen molar-refractivity contribution in [2.45, 2.75) is 74.7 Å². The fourth-order valence-corrected chi connectivity index (χ4v) is 3.96. The first-order valence-corrected chi connectivity index (χ1v) is 10.2. The molecule has 0 atom stereocenters. The quantitative estimate of drug-likeness (QED) is 0.217. The molecule has 0 unspecified atom stereocenters. The van der Waals surface area contributed by atoms with Crippen molar-refractivity contribution in [3.63, 3.8) is 0 Å². The number of alkyl halides is 2. The summed E-state index contributed by atoms with van der Waals surface area (Å²) < 4.78 is 4.55. The van der Waals surface area contributed by atoms with E-state index in [4.69, 9.17) is 23.2 Å². The third kappa shape index (κ3) is 16.2. The molecule has 0 aromatic carbocycles. The number of methoxy groups -OCH3 is 1. The van der Waals surface area contributed by atoms with Gasteiger partial charge in [0.25, 0.3) is 0 Å². The fourth-order valence-electron chi connectivity index (χ4n) is 2.08. The van der Waals surface area contributed by atoms with E-state index in [0.717, 1.165) is 12.8 Å². The number of rotatable bonds is 13. The molecule has 19 heavy (non-hydrogen) atoms. The molecule has 0 aliphatic heterocycles. The van der Waals surface area contributed by atoms with Crippen molar-refractivity contribution in [3.05, 3.63) is 0 Å². The maximum Gasteiger partial charge on any atom is 0.305 e. The van der Waals surface area contributed by atoms with E-state index in [0.29, 0.717) is 6.42 Å².